The summed E-state index contributed by atoms with van der Waals surface area (Å²) in [5.41, 5.74) is 4.96. The number of phenolic OH excluding ortho intramolecular Hbond substituents is 1. The van der Waals surface area contributed by atoms with Gasteiger partial charge in [0, 0.05) is 6.54 Å². The van der Waals surface area contributed by atoms with E-state index in [4.69, 9.17) is 4.74 Å². The lowest BCUT2D eigenvalue weighted by atomic mass is 9.90. The van der Waals surface area contributed by atoms with Crippen molar-refractivity contribution in [3.63, 3.8) is 0 Å². The summed E-state index contributed by atoms with van der Waals surface area (Å²) < 4.78 is 5.98. The average Bonchev–Trinajstić information content (AvgIpc) is 3.34. The van der Waals surface area contributed by atoms with Gasteiger partial charge in [-0.15, -0.1) is 0 Å². The van der Waals surface area contributed by atoms with Crippen molar-refractivity contribution in [1.29, 1.82) is 0 Å². The topological polar surface area (TPSA) is 32.7 Å². The van der Waals surface area contributed by atoms with Crippen LogP contribution in [0.5, 0.6) is 11.5 Å². The van der Waals surface area contributed by atoms with Gasteiger partial charge < -0.3 is 9.84 Å². The highest BCUT2D eigenvalue weighted by Crippen LogP contribution is 2.33. The number of phenols is 1. The normalized spacial score (nSPS) is 14.1. The quantitative estimate of drug-likeness (QED) is 0.380. The lowest BCUT2D eigenvalue weighted by molar-refractivity contribution is 0.238. The van der Waals surface area contributed by atoms with Crippen LogP contribution in [-0.4, -0.2) is 36.2 Å². The van der Waals surface area contributed by atoms with Crippen LogP contribution in [0.1, 0.15) is 24.0 Å². The van der Waals surface area contributed by atoms with E-state index in [1.807, 2.05) is 18.2 Å². The van der Waals surface area contributed by atoms with E-state index in [-0.39, 0.29) is 0 Å². The molecule has 4 aromatic rings. The molecule has 0 atom stereocenters. The molecule has 1 fully saturated rings. The van der Waals surface area contributed by atoms with E-state index in [9.17, 15) is 5.11 Å². The molecule has 0 radical (unpaired) electrons. The van der Waals surface area contributed by atoms with Gasteiger partial charge in [0.15, 0.2) is 0 Å². The molecule has 0 unspecified atom stereocenters. The van der Waals surface area contributed by atoms with Gasteiger partial charge in [0.25, 0.3) is 0 Å². The van der Waals surface area contributed by atoms with Crippen LogP contribution in [0.4, 0.5) is 0 Å². The third kappa shape index (κ3) is 4.63. The van der Waals surface area contributed by atoms with Crippen molar-refractivity contribution in [1.82, 2.24) is 4.90 Å². The molecule has 1 heterocycles. The monoisotopic (exact) mass is 423 g/mol. The minimum atomic E-state index is 0.298. The molecule has 0 saturated carbocycles. The molecule has 1 aliphatic heterocycles. The minimum absolute atomic E-state index is 0.298. The highest BCUT2D eigenvalue weighted by atomic mass is 16.5. The number of hydrogen-bond acceptors (Lipinski definition) is 3. The third-order valence-corrected chi connectivity index (χ3v) is 6.38. The predicted molar refractivity (Wildman–Crippen MR) is 131 cm³/mol. The van der Waals surface area contributed by atoms with E-state index >= 15 is 0 Å². The number of rotatable bonds is 7. The number of ether oxygens (including phenoxy) is 1. The highest BCUT2D eigenvalue weighted by molar-refractivity contribution is 5.93. The van der Waals surface area contributed by atoms with E-state index < -0.39 is 0 Å². The Morgan fingerprint density at radius 2 is 1.59 bits per heavy atom. The Bertz CT molecular complexity index is 1180. The van der Waals surface area contributed by atoms with Crippen LogP contribution >= 0.6 is 0 Å². The van der Waals surface area contributed by atoms with Crippen LogP contribution in [0.3, 0.4) is 0 Å². The second kappa shape index (κ2) is 9.46. The molecule has 5 rings (SSSR count). The number of fused-ring (bicyclic) bond motifs is 1. The molecule has 162 valence electrons. The Kier molecular flexibility index (Phi) is 6.09. The van der Waals surface area contributed by atoms with Gasteiger partial charge in [-0.3, -0.25) is 4.90 Å². The van der Waals surface area contributed by atoms with Crippen molar-refractivity contribution in [3.05, 3.63) is 96.1 Å². The zero-order valence-electron chi connectivity index (χ0n) is 18.3. The van der Waals surface area contributed by atoms with Gasteiger partial charge in [0.1, 0.15) is 18.1 Å². The predicted octanol–water partition coefficient (Wildman–Crippen LogP) is 6.28. The first kappa shape index (κ1) is 20.6. The molecular weight excluding hydrogens is 394 g/mol. The fraction of sp³-hybridized carbons (Fsp3) is 0.241. The zero-order valence-corrected chi connectivity index (χ0v) is 18.3. The van der Waals surface area contributed by atoms with Crippen molar-refractivity contribution in [2.45, 2.75) is 19.3 Å². The maximum absolute atomic E-state index is 9.95. The number of benzene rings is 4. The van der Waals surface area contributed by atoms with Crippen molar-refractivity contribution >= 4 is 10.8 Å². The van der Waals surface area contributed by atoms with Crippen LogP contribution < -0.4 is 4.74 Å². The van der Waals surface area contributed by atoms with Crippen molar-refractivity contribution in [2.24, 2.45) is 0 Å². The zero-order chi connectivity index (χ0) is 21.8. The van der Waals surface area contributed by atoms with Crippen LogP contribution in [-0.2, 0) is 6.42 Å². The molecule has 4 aromatic carbocycles. The second-order valence-corrected chi connectivity index (χ2v) is 8.58. The molecule has 32 heavy (non-hydrogen) atoms. The molecule has 0 spiro atoms. The fourth-order valence-corrected chi connectivity index (χ4v) is 4.67. The second-order valence-electron chi connectivity index (χ2n) is 8.58. The SMILES string of the molecule is Oc1ccc2c(Cc3ccc(OCCN4CCCC4)cc3)c(-c3ccccc3)ccc2c1. The van der Waals surface area contributed by atoms with E-state index in [0.717, 1.165) is 30.7 Å². The molecule has 0 bridgehead atoms. The van der Waals surface area contributed by atoms with Gasteiger partial charge >= 0.3 is 0 Å². The molecule has 0 aromatic heterocycles. The summed E-state index contributed by atoms with van der Waals surface area (Å²) in [5.74, 6) is 1.23. The largest absolute Gasteiger partial charge is 0.508 e. The van der Waals surface area contributed by atoms with Crippen LogP contribution in [0, 0.1) is 0 Å². The molecule has 0 amide bonds. The number of likely N-dealkylation sites (tertiary alicyclic amines) is 1. The van der Waals surface area contributed by atoms with Crippen LogP contribution in [0.25, 0.3) is 21.9 Å². The average molecular weight is 424 g/mol. The van der Waals surface area contributed by atoms with E-state index in [1.54, 1.807) is 6.07 Å². The van der Waals surface area contributed by atoms with Gasteiger partial charge in [-0.05, 0) is 89.6 Å². The number of nitrogens with zero attached hydrogens (tertiary/aromatic N) is 1. The number of hydrogen-bond donors (Lipinski definition) is 1. The van der Waals surface area contributed by atoms with Crippen molar-refractivity contribution in [3.8, 4) is 22.6 Å². The molecule has 1 saturated heterocycles. The summed E-state index contributed by atoms with van der Waals surface area (Å²) in [6, 6.07) is 28.9. The summed E-state index contributed by atoms with van der Waals surface area (Å²) in [5, 5.41) is 12.2. The smallest absolute Gasteiger partial charge is 0.119 e. The van der Waals surface area contributed by atoms with Gasteiger partial charge in [0.2, 0.25) is 0 Å². The van der Waals surface area contributed by atoms with Gasteiger partial charge in [-0.25, -0.2) is 0 Å². The summed E-state index contributed by atoms with van der Waals surface area (Å²) in [4.78, 5) is 2.47. The third-order valence-electron chi connectivity index (χ3n) is 6.38. The first-order valence-electron chi connectivity index (χ1n) is 11.5. The first-order chi connectivity index (χ1) is 15.8. The minimum Gasteiger partial charge on any atom is -0.508 e. The summed E-state index contributed by atoms with van der Waals surface area (Å²) in [6.07, 6.45) is 3.45. The Morgan fingerprint density at radius 3 is 2.38 bits per heavy atom. The molecule has 1 N–H and O–H groups in total. The fourth-order valence-electron chi connectivity index (χ4n) is 4.67. The van der Waals surface area contributed by atoms with Gasteiger partial charge in [-0.1, -0.05) is 60.7 Å². The lowest BCUT2D eigenvalue weighted by Crippen LogP contribution is -2.25. The standard InChI is InChI=1S/C29H29NO2/c31-25-11-15-28-24(21-25)10-14-27(23-6-2-1-3-7-23)29(28)20-22-8-12-26(13-9-22)32-19-18-30-16-4-5-17-30/h1-3,6-15,21,31H,4-5,16-20H2. The van der Waals surface area contributed by atoms with Crippen LogP contribution in [0.2, 0.25) is 0 Å². The highest BCUT2D eigenvalue weighted by Gasteiger charge is 2.12. The summed E-state index contributed by atoms with van der Waals surface area (Å²) in [7, 11) is 0. The van der Waals surface area contributed by atoms with E-state index in [1.165, 1.54) is 53.6 Å². The lowest BCUT2D eigenvalue weighted by Gasteiger charge is -2.16. The van der Waals surface area contributed by atoms with E-state index in [0.29, 0.717) is 5.75 Å². The van der Waals surface area contributed by atoms with Crippen molar-refractivity contribution < 1.29 is 9.84 Å². The Balaban J connectivity index is 1.39. The maximum Gasteiger partial charge on any atom is 0.119 e. The van der Waals surface area contributed by atoms with Crippen LogP contribution in [0.15, 0.2) is 84.9 Å². The summed E-state index contributed by atoms with van der Waals surface area (Å²) in [6.45, 7) is 4.15. The first-order valence-corrected chi connectivity index (χ1v) is 11.5. The number of aromatic hydroxyl groups is 1. The van der Waals surface area contributed by atoms with Gasteiger partial charge in [0.05, 0.1) is 0 Å². The maximum atomic E-state index is 9.95. The van der Waals surface area contributed by atoms with Gasteiger partial charge in [-0.2, -0.15) is 0 Å². The summed E-state index contributed by atoms with van der Waals surface area (Å²) >= 11 is 0. The van der Waals surface area contributed by atoms with E-state index in [2.05, 4.69) is 65.6 Å². The molecule has 0 aliphatic carbocycles. The Labute approximate surface area is 189 Å². The molecular formula is C29H29NO2. The Hall–Kier alpha value is -3.30. The molecule has 3 heteroatoms. The Morgan fingerprint density at radius 1 is 0.812 bits per heavy atom. The molecule has 3 nitrogen and oxygen atoms in total. The van der Waals surface area contributed by atoms with Crippen molar-refractivity contribution in [2.75, 3.05) is 26.2 Å². The molecule has 1 aliphatic rings.